The highest BCUT2D eigenvalue weighted by molar-refractivity contribution is 7.85. The molecule has 0 aromatic carbocycles. The van der Waals surface area contributed by atoms with Gasteiger partial charge in [0.05, 0.1) is 0 Å². The maximum atomic E-state index is 7.18. The van der Waals surface area contributed by atoms with E-state index in [9.17, 15) is 0 Å². The van der Waals surface area contributed by atoms with Crippen molar-refractivity contribution in [3.8, 4) is 5.40 Å². The van der Waals surface area contributed by atoms with Crippen LogP contribution in [-0.2, 0) is 0 Å². The summed E-state index contributed by atoms with van der Waals surface area (Å²) >= 11 is 3.09. The van der Waals surface area contributed by atoms with Gasteiger partial charge in [-0.2, -0.15) is 5.26 Å². The van der Waals surface area contributed by atoms with Crippen molar-refractivity contribution in [2.45, 2.75) is 0 Å². The molecule has 0 spiro atoms. The first kappa shape index (κ1) is 8.86. The fraction of sp³-hybridized carbons (Fsp3) is 0. The third-order valence-corrected chi connectivity index (χ3v) is 0. The predicted octanol–water partition coefficient (Wildman–Crippen LogP) is 1.26. The van der Waals surface area contributed by atoms with Gasteiger partial charge >= 0.3 is 0 Å². The Morgan fingerprint density at radius 3 is 1.75 bits per heavy atom. The molecule has 0 saturated heterocycles. The Morgan fingerprint density at radius 1 is 1.75 bits per heavy atom. The molecule has 0 heterocycles. The maximum absolute atomic E-state index is 7.18. The number of nitriles is 1. The molecule has 0 saturated carbocycles. The minimum Gasteiger partial charge on any atom is -0.185 e. The van der Waals surface area contributed by atoms with E-state index < -0.39 is 0 Å². The zero-order valence-electron chi connectivity index (χ0n) is 1.84. The summed E-state index contributed by atoms with van der Waals surface area (Å²) in [5, 5.41) is 8.63. The van der Waals surface area contributed by atoms with Crippen LogP contribution in [0.25, 0.3) is 0 Å². The summed E-state index contributed by atoms with van der Waals surface area (Å²) in [6.07, 6.45) is 0. The van der Waals surface area contributed by atoms with Crippen LogP contribution in [0.3, 0.4) is 0 Å². The van der Waals surface area contributed by atoms with Crippen LogP contribution in [0.5, 0.6) is 0 Å². The topological polar surface area (TPSA) is 23.8 Å². The van der Waals surface area contributed by atoms with Crippen LogP contribution in [0.15, 0.2) is 0 Å². The van der Waals surface area contributed by atoms with Gasteiger partial charge in [-0.1, -0.05) is 12.6 Å². The SMILES string of the molecule is N#CS.[P]. The zero-order chi connectivity index (χ0) is 2.71. The largest absolute Gasteiger partial charge is 0.185 e. The number of thiol groups is 1. The Hall–Kier alpha value is 0.270. The van der Waals surface area contributed by atoms with E-state index in [2.05, 4.69) is 12.6 Å². The van der Waals surface area contributed by atoms with E-state index in [1.807, 2.05) is 0 Å². The molecule has 0 rings (SSSR count). The molecule has 0 unspecified atom stereocenters. The summed E-state index contributed by atoms with van der Waals surface area (Å²) in [6, 6.07) is 0. The number of rotatable bonds is 0. The van der Waals surface area contributed by atoms with Gasteiger partial charge in [0, 0.05) is 9.90 Å². The van der Waals surface area contributed by atoms with Crippen molar-refractivity contribution < 1.29 is 0 Å². The van der Waals surface area contributed by atoms with Crippen molar-refractivity contribution in [1.82, 2.24) is 0 Å². The first-order valence-electron chi connectivity index (χ1n) is 0.447. The van der Waals surface area contributed by atoms with Crippen LogP contribution in [0.2, 0.25) is 0 Å². The third kappa shape index (κ3) is 50.2. The quantitative estimate of drug-likeness (QED) is 0.270. The van der Waals surface area contributed by atoms with E-state index in [0.29, 0.717) is 0 Å². The molecular formula is CHNPS. The molecule has 0 aromatic rings. The van der Waals surface area contributed by atoms with E-state index in [-0.39, 0.29) is 9.90 Å². The molecule has 0 aliphatic carbocycles. The van der Waals surface area contributed by atoms with Crippen LogP contribution in [-0.4, -0.2) is 0 Å². The lowest BCUT2D eigenvalue weighted by atomic mass is 11.8. The van der Waals surface area contributed by atoms with Gasteiger partial charge in [-0.25, -0.2) is 0 Å². The average molecular weight is 90.1 g/mol. The average Bonchev–Trinajstić information content (AvgIpc) is 0.918. The molecule has 0 N–H and O–H groups in total. The molecule has 21 valence electrons. The van der Waals surface area contributed by atoms with E-state index in [4.69, 9.17) is 5.26 Å². The first-order valence-corrected chi connectivity index (χ1v) is 0.894. The molecule has 0 aromatic heterocycles. The van der Waals surface area contributed by atoms with E-state index >= 15 is 0 Å². The van der Waals surface area contributed by atoms with Crippen molar-refractivity contribution in [1.29, 1.82) is 5.26 Å². The van der Waals surface area contributed by atoms with Gasteiger partial charge in [0.1, 0.15) is 5.40 Å². The minimum atomic E-state index is 0. The van der Waals surface area contributed by atoms with Crippen molar-refractivity contribution >= 4 is 22.5 Å². The predicted molar refractivity (Wildman–Crippen MR) is 21.5 cm³/mol. The molecule has 4 heavy (non-hydrogen) atoms. The Kier molecular flexibility index (Phi) is 23.1. The van der Waals surface area contributed by atoms with E-state index in [1.165, 1.54) is 5.40 Å². The molecule has 0 atom stereocenters. The lowest BCUT2D eigenvalue weighted by molar-refractivity contribution is 1.57. The highest BCUT2D eigenvalue weighted by atomic mass is 32.1. The highest BCUT2D eigenvalue weighted by Gasteiger charge is 1.18. The molecule has 1 nitrogen and oxygen atoms in total. The second kappa shape index (κ2) is 10.4. The molecule has 3 heteroatoms. The molecule has 0 aliphatic rings. The van der Waals surface area contributed by atoms with Gasteiger partial charge < -0.3 is 0 Å². The van der Waals surface area contributed by atoms with Crippen LogP contribution < -0.4 is 0 Å². The lowest BCUT2D eigenvalue weighted by Crippen LogP contribution is -0.961. The summed E-state index contributed by atoms with van der Waals surface area (Å²) in [5.74, 6) is 0. The Labute approximate surface area is 34.0 Å². The molecule has 0 fully saturated rings. The number of hydrogen-bond acceptors (Lipinski definition) is 2. The Morgan fingerprint density at radius 2 is 1.75 bits per heavy atom. The van der Waals surface area contributed by atoms with Gasteiger partial charge in [0.15, 0.2) is 0 Å². The molecule has 3 radical (unpaired) electrons. The summed E-state index contributed by atoms with van der Waals surface area (Å²) in [4.78, 5) is 0. The fourth-order valence-corrected chi connectivity index (χ4v) is 0. The van der Waals surface area contributed by atoms with Crippen LogP contribution in [0.4, 0.5) is 0 Å². The number of nitrogens with zero attached hydrogens (tertiary/aromatic N) is 1. The summed E-state index contributed by atoms with van der Waals surface area (Å²) in [6.45, 7) is 0. The number of thiocyanates is 1. The smallest absolute Gasteiger partial charge is 0.130 e. The summed E-state index contributed by atoms with van der Waals surface area (Å²) < 4.78 is 0. The normalized spacial score (nSPS) is 2.00. The maximum Gasteiger partial charge on any atom is 0.130 e. The Balaban J connectivity index is 0. The van der Waals surface area contributed by atoms with Crippen molar-refractivity contribution in [2.24, 2.45) is 0 Å². The Bertz CT molecular complexity index is 29.5. The van der Waals surface area contributed by atoms with Gasteiger partial charge in [-0.3, -0.25) is 0 Å². The zero-order valence-corrected chi connectivity index (χ0v) is 3.63. The molecule has 0 bridgehead atoms. The van der Waals surface area contributed by atoms with Crippen LogP contribution in [0, 0.1) is 10.7 Å². The monoisotopic (exact) mass is 90.0 g/mol. The first-order chi connectivity index (χ1) is 1.41. The standard InChI is InChI=1S/CHNS.P/c2-1-3;/h3H;. The van der Waals surface area contributed by atoms with Gasteiger partial charge in [-0.15, -0.1) is 0 Å². The lowest BCUT2D eigenvalue weighted by Gasteiger charge is -1.14. The van der Waals surface area contributed by atoms with Gasteiger partial charge in [0.25, 0.3) is 0 Å². The minimum absolute atomic E-state index is 0. The fourth-order valence-electron chi connectivity index (χ4n) is 0. The van der Waals surface area contributed by atoms with Gasteiger partial charge in [0.2, 0.25) is 0 Å². The van der Waals surface area contributed by atoms with Crippen LogP contribution >= 0.6 is 22.5 Å². The molecule has 0 amide bonds. The van der Waals surface area contributed by atoms with E-state index in [0.717, 1.165) is 0 Å². The van der Waals surface area contributed by atoms with Crippen LogP contribution in [0.1, 0.15) is 0 Å². The third-order valence-electron chi connectivity index (χ3n) is 0. The summed E-state index contributed by atoms with van der Waals surface area (Å²) in [7, 11) is 0. The molecule has 0 aliphatic heterocycles. The number of hydrogen-bond donors (Lipinski definition) is 1. The molecular weight excluding hydrogens is 89.1 g/mol. The van der Waals surface area contributed by atoms with Crippen molar-refractivity contribution in [2.75, 3.05) is 0 Å². The van der Waals surface area contributed by atoms with Gasteiger partial charge in [-0.05, 0) is 0 Å². The second-order valence-corrected chi connectivity index (χ2v) is 0.300. The van der Waals surface area contributed by atoms with Crippen molar-refractivity contribution in [3.63, 3.8) is 0 Å². The highest BCUT2D eigenvalue weighted by Crippen LogP contribution is 1.46. The van der Waals surface area contributed by atoms with Crippen molar-refractivity contribution in [3.05, 3.63) is 0 Å². The summed E-state index contributed by atoms with van der Waals surface area (Å²) in [5.41, 5.74) is 0. The van der Waals surface area contributed by atoms with E-state index in [1.54, 1.807) is 0 Å². The second-order valence-electron chi connectivity index (χ2n) is 0.100.